The third-order valence-electron chi connectivity index (χ3n) is 2.33. The fraction of sp³-hybridized carbons (Fsp3) is 0.364. The quantitative estimate of drug-likeness (QED) is 0.668. The van der Waals surface area contributed by atoms with Gasteiger partial charge in [-0.05, 0) is 12.1 Å². The number of carbonyl (C=O) groups is 1. The first kappa shape index (κ1) is 9.06. The molecular weight excluding hydrogens is 180 g/mol. The number of hydrogen-bond donors (Lipinski definition) is 0. The number of carbonyl (C=O) groups excluding carboxylic acids is 1. The minimum atomic E-state index is -0.164. The molecule has 74 valence electrons. The molecular formula is C11H12O3. The Labute approximate surface area is 82.6 Å². The molecule has 2 rings (SSSR count). The summed E-state index contributed by atoms with van der Waals surface area (Å²) in [6.45, 7) is 2.27. The lowest BCUT2D eigenvalue weighted by Crippen LogP contribution is -2.35. The second-order valence-electron chi connectivity index (χ2n) is 3.41. The van der Waals surface area contributed by atoms with Gasteiger partial charge in [0.05, 0.1) is 5.92 Å². The van der Waals surface area contributed by atoms with Crippen molar-refractivity contribution in [1.29, 1.82) is 0 Å². The first-order valence-electron chi connectivity index (χ1n) is 4.65. The number of para-hydroxylation sites is 2. The molecule has 0 aliphatic carbocycles. The van der Waals surface area contributed by atoms with Crippen molar-refractivity contribution in [2.75, 3.05) is 6.61 Å². The molecule has 0 saturated carbocycles. The molecule has 0 bridgehead atoms. The van der Waals surface area contributed by atoms with Crippen molar-refractivity contribution >= 4 is 6.29 Å². The van der Waals surface area contributed by atoms with Crippen LogP contribution >= 0.6 is 0 Å². The van der Waals surface area contributed by atoms with Crippen LogP contribution in [0.3, 0.4) is 0 Å². The van der Waals surface area contributed by atoms with E-state index in [0.717, 1.165) is 17.8 Å². The molecule has 2 unspecified atom stereocenters. The summed E-state index contributed by atoms with van der Waals surface area (Å²) < 4.78 is 11.1. The van der Waals surface area contributed by atoms with E-state index in [0.29, 0.717) is 6.61 Å². The first-order chi connectivity index (χ1) is 6.81. The Morgan fingerprint density at radius 2 is 2.14 bits per heavy atom. The highest BCUT2D eigenvalue weighted by atomic mass is 16.6. The standard InChI is InChI=1S/C11H12O3/c1-8(6-12)11-7-13-9-4-2-3-5-10(9)14-11/h2-6,8,11H,7H2,1H3. The van der Waals surface area contributed by atoms with Crippen LogP contribution in [0.25, 0.3) is 0 Å². The normalized spacial score (nSPS) is 21.4. The fourth-order valence-electron chi connectivity index (χ4n) is 1.38. The maximum Gasteiger partial charge on any atom is 0.161 e. The number of aldehydes is 1. The zero-order valence-electron chi connectivity index (χ0n) is 7.97. The van der Waals surface area contributed by atoms with Crippen molar-refractivity contribution in [3.63, 3.8) is 0 Å². The van der Waals surface area contributed by atoms with Crippen molar-refractivity contribution in [1.82, 2.24) is 0 Å². The van der Waals surface area contributed by atoms with Crippen LogP contribution in [-0.2, 0) is 4.79 Å². The predicted octanol–water partition coefficient (Wildman–Crippen LogP) is 1.66. The van der Waals surface area contributed by atoms with Gasteiger partial charge in [0.25, 0.3) is 0 Å². The van der Waals surface area contributed by atoms with Crippen LogP contribution in [0, 0.1) is 5.92 Å². The Balaban J connectivity index is 2.17. The van der Waals surface area contributed by atoms with E-state index in [1.54, 1.807) is 0 Å². The van der Waals surface area contributed by atoms with Crippen molar-refractivity contribution in [3.8, 4) is 11.5 Å². The topological polar surface area (TPSA) is 35.5 Å². The zero-order valence-corrected chi connectivity index (χ0v) is 7.97. The number of fused-ring (bicyclic) bond motifs is 1. The third kappa shape index (κ3) is 1.58. The molecule has 1 aliphatic rings. The highest BCUT2D eigenvalue weighted by Gasteiger charge is 2.25. The van der Waals surface area contributed by atoms with Gasteiger partial charge >= 0.3 is 0 Å². The molecule has 0 N–H and O–H groups in total. The maximum atomic E-state index is 10.6. The van der Waals surface area contributed by atoms with Crippen molar-refractivity contribution in [3.05, 3.63) is 24.3 Å². The molecule has 0 aromatic heterocycles. The van der Waals surface area contributed by atoms with Crippen LogP contribution in [-0.4, -0.2) is 19.0 Å². The van der Waals surface area contributed by atoms with Crippen molar-refractivity contribution in [2.24, 2.45) is 5.92 Å². The van der Waals surface area contributed by atoms with Gasteiger partial charge < -0.3 is 14.3 Å². The Morgan fingerprint density at radius 3 is 2.86 bits per heavy atom. The summed E-state index contributed by atoms with van der Waals surface area (Å²) in [4.78, 5) is 10.6. The number of hydrogen-bond acceptors (Lipinski definition) is 3. The Bertz CT molecular complexity index is 335. The zero-order chi connectivity index (χ0) is 9.97. The number of ether oxygens (including phenoxy) is 2. The second kappa shape index (κ2) is 3.70. The molecule has 1 heterocycles. The van der Waals surface area contributed by atoms with Gasteiger partial charge in [0.1, 0.15) is 19.0 Å². The summed E-state index contributed by atoms with van der Waals surface area (Å²) >= 11 is 0. The minimum Gasteiger partial charge on any atom is -0.486 e. The molecule has 1 aromatic carbocycles. The highest BCUT2D eigenvalue weighted by molar-refractivity contribution is 5.54. The van der Waals surface area contributed by atoms with Crippen molar-refractivity contribution in [2.45, 2.75) is 13.0 Å². The number of benzene rings is 1. The lowest BCUT2D eigenvalue weighted by atomic mass is 10.1. The molecule has 0 fully saturated rings. The lowest BCUT2D eigenvalue weighted by molar-refractivity contribution is -0.114. The monoisotopic (exact) mass is 192 g/mol. The SMILES string of the molecule is CC(C=O)C1COc2ccccc2O1. The molecule has 0 radical (unpaired) electrons. The van der Waals surface area contributed by atoms with Crippen LogP contribution < -0.4 is 9.47 Å². The first-order valence-corrected chi connectivity index (χ1v) is 4.65. The average molecular weight is 192 g/mol. The van der Waals surface area contributed by atoms with Gasteiger partial charge in [0.15, 0.2) is 11.5 Å². The van der Waals surface area contributed by atoms with Crippen molar-refractivity contribution < 1.29 is 14.3 Å². The Hall–Kier alpha value is -1.51. The minimum absolute atomic E-state index is 0.136. The van der Waals surface area contributed by atoms with Gasteiger partial charge in [-0.2, -0.15) is 0 Å². The average Bonchev–Trinajstić information content (AvgIpc) is 2.27. The van der Waals surface area contributed by atoms with Gasteiger partial charge in [0.2, 0.25) is 0 Å². The fourth-order valence-corrected chi connectivity index (χ4v) is 1.38. The van der Waals surface area contributed by atoms with Gasteiger partial charge in [0, 0.05) is 0 Å². The van der Waals surface area contributed by atoms with Crippen LogP contribution in [0.2, 0.25) is 0 Å². The summed E-state index contributed by atoms with van der Waals surface area (Å²) in [5, 5.41) is 0. The predicted molar refractivity (Wildman–Crippen MR) is 51.6 cm³/mol. The van der Waals surface area contributed by atoms with Gasteiger partial charge in [-0.25, -0.2) is 0 Å². The van der Waals surface area contributed by atoms with E-state index in [2.05, 4.69) is 0 Å². The lowest BCUT2D eigenvalue weighted by Gasteiger charge is -2.28. The van der Waals surface area contributed by atoms with E-state index in [4.69, 9.17) is 9.47 Å². The van der Waals surface area contributed by atoms with Crippen LogP contribution in [0.4, 0.5) is 0 Å². The largest absolute Gasteiger partial charge is 0.486 e. The summed E-state index contributed by atoms with van der Waals surface area (Å²) in [6, 6.07) is 7.48. The van der Waals surface area contributed by atoms with E-state index >= 15 is 0 Å². The Kier molecular flexibility index (Phi) is 2.39. The van der Waals surface area contributed by atoms with Gasteiger partial charge in [-0.1, -0.05) is 19.1 Å². The molecule has 14 heavy (non-hydrogen) atoms. The second-order valence-corrected chi connectivity index (χ2v) is 3.41. The molecule has 1 aliphatic heterocycles. The Morgan fingerprint density at radius 1 is 1.43 bits per heavy atom. The summed E-state index contributed by atoms with van der Waals surface area (Å²) in [5.74, 6) is 1.34. The summed E-state index contributed by atoms with van der Waals surface area (Å²) in [7, 11) is 0. The summed E-state index contributed by atoms with van der Waals surface area (Å²) in [6.07, 6.45) is 0.726. The maximum absolute atomic E-state index is 10.6. The highest BCUT2D eigenvalue weighted by Crippen LogP contribution is 2.32. The van der Waals surface area contributed by atoms with E-state index in [-0.39, 0.29) is 12.0 Å². The smallest absolute Gasteiger partial charge is 0.161 e. The molecule has 2 atom stereocenters. The molecule has 0 saturated heterocycles. The van der Waals surface area contributed by atoms with Crippen LogP contribution in [0.15, 0.2) is 24.3 Å². The van der Waals surface area contributed by atoms with E-state index in [9.17, 15) is 4.79 Å². The number of rotatable bonds is 2. The van der Waals surface area contributed by atoms with Gasteiger partial charge in [-0.15, -0.1) is 0 Å². The molecule has 0 spiro atoms. The van der Waals surface area contributed by atoms with E-state index < -0.39 is 0 Å². The van der Waals surface area contributed by atoms with E-state index in [1.165, 1.54) is 0 Å². The molecule has 1 aromatic rings. The van der Waals surface area contributed by atoms with Crippen LogP contribution in [0.5, 0.6) is 11.5 Å². The van der Waals surface area contributed by atoms with E-state index in [1.807, 2.05) is 31.2 Å². The third-order valence-corrected chi connectivity index (χ3v) is 2.33. The molecule has 3 nitrogen and oxygen atoms in total. The van der Waals surface area contributed by atoms with Gasteiger partial charge in [-0.3, -0.25) is 0 Å². The molecule has 3 heteroatoms. The molecule has 0 amide bonds. The van der Waals surface area contributed by atoms with Crippen LogP contribution in [0.1, 0.15) is 6.92 Å². The summed E-state index contributed by atoms with van der Waals surface area (Å²) in [5.41, 5.74) is 0.